The number of likely N-dealkylation sites (N-methyl/N-ethyl adjacent to an activating group) is 1. The van der Waals surface area contributed by atoms with Crippen molar-refractivity contribution < 1.29 is 18.3 Å². The summed E-state index contributed by atoms with van der Waals surface area (Å²) in [5.74, 6) is -0.575. The van der Waals surface area contributed by atoms with Crippen molar-refractivity contribution in [3.05, 3.63) is 59.7 Å². The fourth-order valence-electron chi connectivity index (χ4n) is 1.97. The van der Waals surface area contributed by atoms with E-state index in [0.717, 1.165) is 17.4 Å². The van der Waals surface area contributed by atoms with Crippen LogP contribution < -0.4 is 14.8 Å². The molecule has 0 bridgehead atoms. The molecule has 0 heterocycles. The van der Waals surface area contributed by atoms with Crippen molar-refractivity contribution in [2.45, 2.75) is 6.04 Å². The van der Waals surface area contributed by atoms with E-state index in [4.69, 9.17) is 9.47 Å². The van der Waals surface area contributed by atoms with Gasteiger partial charge >= 0.3 is 0 Å². The number of nitrogens with one attached hydrogen (secondary N) is 1. The van der Waals surface area contributed by atoms with Crippen molar-refractivity contribution in [2.75, 3.05) is 20.8 Å². The van der Waals surface area contributed by atoms with Crippen LogP contribution >= 0.6 is 0 Å². The van der Waals surface area contributed by atoms with Crippen LogP contribution in [0.1, 0.15) is 11.6 Å². The average molecular weight is 293 g/mol. The van der Waals surface area contributed by atoms with Gasteiger partial charge in [-0.3, -0.25) is 0 Å². The Labute approximate surface area is 122 Å². The van der Waals surface area contributed by atoms with Gasteiger partial charge in [0.2, 0.25) is 0 Å². The first-order valence-electron chi connectivity index (χ1n) is 6.53. The Balaban J connectivity index is 2.08. The molecule has 0 aliphatic carbocycles. The molecule has 2 aromatic rings. The van der Waals surface area contributed by atoms with Gasteiger partial charge in [-0.15, -0.1) is 0 Å². The standard InChI is InChI=1S/C16H17F2NO2/c1-19-15(11-4-3-5-13(8-11)20-2)10-21-16-7-6-12(17)9-14(16)18/h3-9,15,19H,10H2,1-2H3. The second kappa shape index (κ2) is 7.04. The fraction of sp³-hybridized carbons (Fsp3) is 0.250. The monoisotopic (exact) mass is 293 g/mol. The number of ether oxygens (including phenoxy) is 2. The summed E-state index contributed by atoms with van der Waals surface area (Å²) in [6.45, 7) is 0.215. The van der Waals surface area contributed by atoms with E-state index in [1.165, 1.54) is 12.1 Å². The van der Waals surface area contributed by atoms with Gasteiger partial charge in [-0.25, -0.2) is 8.78 Å². The van der Waals surface area contributed by atoms with E-state index in [0.29, 0.717) is 0 Å². The van der Waals surface area contributed by atoms with Crippen LogP contribution in [0.5, 0.6) is 11.5 Å². The SMILES string of the molecule is CNC(COc1ccc(F)cc1F)c1cccc(OC)c1. The highest BCUT2D eigenvalue weighted by Crippen LogP contribution is 2.22. The van der Waals surface area contributed by atoms with E-state index in [1.807, 2.05) is 24.3 Å². The second-order valence-corrected chi connectivity index (χ2v) is 4.50. The van der Waals surface area contributed by atoms with Crippen LogP contribution in [0.4, 0.5) is 8.78 Å². The number of halogens is 2. The lowest BCUT2D eigenvalue weighted by Gasteiger charge is -2.18. The Hall–Kier alpha value is -2.14. The van der Waals surface area contributed by atoms with Crippen molar-refractivity contribution in [1.29, 1.82) is 0 Å². The van der Waals surface area contributed by atoms with Gasteiger partial charge in [0.25, 0.3) is 0 Å². The lowest BCUT2D eigenvalue weighted by molar-refractivity contribution is 0.260. The molecular weight excluding hydrogens is 276 g/mol. The van der Waals surface area contributed by atoms with Crippen LogP contribution in [0, 0.1) is 11.6 Å². The summed E-state index contributed by atoms with van der Waals surface area (Å²) < 4.78 is 37.0. The van der Waals surface area contributed by atoms with Crippen molar-refractivity contribution in [3.63, 3.8) is 0 Å². The molecule has 0 fully saturated rings. The summed E-state index contributed by atoms with van der Waals surface area (Å²) in [5.41, 5.74) is 0.958. The van der Waals surface area contributed by atoms with Crippen LogP contribution in [-0.4, -0.2) is 20.8 Å². The Kier molecular flexibility index (Phi) is 5.11. The minimum absolute atomic E-state index is 0.0274. The molecule has 112 valence electrons. The van der Waals surface area contributed by atoms with E-state index in [9.17, 15) is 8.78 Å². The molecule has 1 unspecified atom stereocenters. The first kappa shape index (κ1) is 15.3. The summed E-state index contributed by atoms with van der Waals surface area (Å²) >= 11 is 0. The molecule has 0 amide bonds. The maximum atomic E-state index is 13.5. The number of methoxy groups -OCH3 is 1. The highest BCUT2D eigenvalue weighted by Gasteiger charge is 2.13. The third-order valence-corrected chi connectivity index (χ3v) is 3.14. The number of hydrogen-bond donors (Lipinski definition) is 1. The number of benzene rings is 2. The Morgan fingerprint density at radius 3 is 2.62 bits per heavy atom. The van der Waals surface area contributed by atoms with Crippen LogP contribution in [-0.2, 0) is 0 Å². The first-order valence-corrected chi connectivity index (χ1v) is 6.53. The molecule has 2 aromatic carbocycles. The van der Waals surface area contributed by atoms with Crippen LogP contribution in [0.15, 0.2) is 42.5 Å². The molecule has 21 heavy (non-hydrogen) atoms. The third-order valence-electron chi connectivity index (χ3n) is 3.14. The number of hydrogen-bond acceptors (Lipinski definition) is 3. The smallest absolute Gasteiger partial charge is 0.167 e. The van der Waals surface area contributed by atoms with Gasteiger partial charge in [-0.2, -0.15) is 0 Å². The predicted octanol–water partition coefficient (Wildman–Crippen LogP) is 3.31. The summed E-state index contributed by atoms with van der Waals surface area (Å²) in [6, 6.07) is 10.6. The number of rotatable bonds is 6. The van der Waals surface area contributed by atoms with E-state index >= 15 is 0 Å². The predicted molar refractivity (Wildman–Crippen MR) is 76.6 cm³/mol. The molecular formula is C16H17F2NO2. The minimum atomic E-state index is -0.713. The quantitative estimate of drug-likeness (QED) is 0.886. The Bertz CT molecular complexity index is 605. The fourth-order valence-corrected chi connectivity index (χ4v) is 1.97. The Morgan fingerprint density at radius 2 is 1.95 bits per heavy atom. The molecule has 0 spiro atoms. The van der Waals surface area contributed by atoms with Crippen LogP contribution in [0.3, 0.4) is 0 Å². The highest BCUT2D eigenvalue weighted by molar-refractivity contribution is 5.31. The molecule has 0 saturated heterocycles. The van der Waals surface area contributed by atoms with E-state index in [1.54, 1.807) is 14.2 Å². The topological polar surface area (TPSA) is 30.5 Å². The van der Waals surface area contributed by atoms with Gasteiger partial charge < -0.3 is 14.8 Å². The van der Waals surface area contributed by atoms with E-state index < -0.39 is 11.6 Å². The molecule has 0 aliphatic rings. The van der Waals surface area contributed by atoms with Crippen molar-refractivity contribution in [1.82, 2.24) is 5.32 Å². The zero-order chi connectivity index (χ0) is 15.2. The molecule has 2 rings (SSSR count). The van der Waals surface area contributed by atoms with Gasteiger partial charge in [0.05, 0.1) is 13.2 Å². The zero-order valence-electron chi connectivity index (χ0n) is 11.9. The van der Waals surface area contributed by atoms with Crippen molar-refractivity contribution in [2.24, 2.45) is 0 Å². The molecule has 0 radical (unpaired) electrons. The summed E-state index contributed by atoms with van der Waals surface area (Å²) in [4.78, 5) is 0. The summed E-state index contributed by atoms with van der Waals surface area (Å²) in [6.07, 6.45) is 0. The highest BCUT2D eigenvalue weighted by atomic mass is 19.1. The molecule has 1 atom stereocenters. The molecule has 0 aromatic heterocycles. The second-order valence-electron chi connectivity index (χ2n) is 4.50. The van der Waals surface area contributed by atoms with Crippen molar-refractivity contribution in [3.8, 4) is 11.5 Å². The summed E-state index contributed by atoms with van der Waals surface area (Å²) in [5, 5.41) is 3.09. The largest absolute Gasteiger partial charge is 0.497 e. The Morgan fingerprint density at radius 1 is 1.14 bits per heavy atom. The molecule has 0 saturated carbocycles. The maximum absolute atomic E-state index is 13.5. The third kappa shape index (κ3) is 3.92. The molecule has 5 heteroatoms. The van der Waals surface area contributed by atoms with Gasteiger partial charge in [-0.05, 0) is 36.9 Å². The van der Waals surface area contributed by atoms with Gasteiger partial charge in [-0.1, -0.05) is 12.1 Å². The van der Waals surface area contributed by atoms with Gasteiger partial charge in [0.1, 0.15) is 18.2 Å². The van der Waals surface area contributed by atoms with Crippen LogP contribution in [0.25, 0.3) is 0 Å². The van der Waals surface area contributed by atoms with Gasteiger partial charge in [0, 0.05) is 6.07 Å². The van der Waals surface area contributed by atoms with E-state index in [-0.39, 0.29) is 18.4 Å². The molecule has 3 nitrogen and oxygen atoms in total. The summed E-state index contributed by atoms with van der Waals surface area (Å²) in [7, 11) is 3.38. The first-order chi connectivity index (χ1) is 10.1. The van der Waals surface area contributed by atoms with E-state index in [2.05, 4.69) is 5.32 Å². The molecule has 0 aliphatic heterocycles. The van der Waals surface area contributed by atoms with Crippen LogP contribution in [0.2, 0.25) is 0 Å². The minimum Gasteiger partial charge on any atom is -0.497 e. The lowest BCUT2D eigenvalue weighted by atomic mass is 10.1. The maximum Gasteiger partial charge on any atom is 0.167 e. The zero-order valence-corrected chi connectivity index (χ0v) is 11.9. The van der Waals surface area contributed by atoms with Gasteiger partial charge in [0.15, 0.2) is 11.6 Å². The van der Waals surface area contributed by atoms with Crippen molar-refractivity contribution >= 4 is 0 Å². The normalized spacial score (nSPS) is 12.0. The lowest BCUT2D eigenvalue weighted by Crippen LogP contribution is -2.23. The molecule has 1 N–H and O–H groups in total. The average Bonchev–Trinajstić information content (AvgIpc) is 2.50.